The van der Waals surface area contributed by atoms with Crippen molar-refractivity contribution >= 4 is 17.7 Å². The first-order chi connectivity index (χ1) is 11.6. The second-order valence-electron chi connectivity index (χ2n) is 6.22. The van der Waals surface area contributed by atoms with Gasteiger partial charge in [0.25, 0.3) is 0 Å². The molecule has 1 N–H and O–H groups in total. The molecule has 1 aromatic carbocycles. The van der Waals surface area contributed by atoms with Gasteiger partial charge in [-0.2, -0.15) is 0 Å². The Labute approximate surface area is 137 Å². The number of nitrogens with zero attached hydrogens (tertiary/aromatic N) is 2. The molecule has 2 aliphatic rings. The SMILES string of the molecule is O=C(Nc1cc(-c2ccccc2F)no1)[C@H]1CC(=O)N(C2CC2)C1. The summed E-state index contributed by atoms with van der Waals surface area (Å²) in [5.74, 6) is -0.897. The first-order valence-electron chi connectivity index (χ1n) is 7.94. The molecular formula is C17H16FN3O3. The van der Waals surface area contributed by atoms with Crippen molar-refractivity contribution in [1.29, 1.82) is 0 Å². The van der Waals surface area contributed by atoms with Gasteiger partial charge >= 0.3 is 0 Å². The quantitative estimate of drug-likeness (QED) is 0.935. The van der Waals surface area contributed by atoms with Crippen molar-refractivity contribution < 1.29 is 18.5 Å². The van der Waals surface area contributed by atoms with Crippen LogP contribution in [-0.2, 0) is 9.59 Å². The van der Waals surface area contributed by atoms with E-state index in [1.54, 1.807) is 23.1 Å². The lowest BCUT2D eigenvalue weighted by atomic mass is 10.1. The summed E-state index contributed by atoms with van der Waals surface area (Å²) in [7, 11) is 0. The van der Waals surface area contributed by atoms with Gasteiger partial charge in [0.15, 0.2) is 0 Å². The van der Waals surface area contributed by atoms with Crippen LogP contribution in [0.4, 0.5) is 10.3 Å². The van der Waals surface area contributed by atoms with Gasteiger partial charge in [0.2, 0.25) is 17.7 Å². The number of rotatable bonds is 4. The molecule has 124 valence electrons. The smallest absolute Gasteiger partial charge is 0.232 e. The highest BCUT2D eigenvalue weighted by Gasteiger charge is 2.41. The zero-order valence-corrected chi connectivity index (χ0v) is 12.9. The average molecular weight is 329 g/mol. The molecule has 2 amide bonds. The molecule has 0 spiro atoms. The molecule has 1 aliphatic carbocycles. The molecule has 2 fully saturated rings. The van der Waals surface area contributed by atoms with E-state index in [-0.39, 0.29) is 30.0 Å². The van der Waals surface area contributed by atoms with Crippen molar-refractivity contribution in [2.24, 2.45) is 5.92 Å². The number of amides is 2. The summed E-state index contributed by atoms with van der Waals surface area (Å²) in [5.41, 5.74) is 0.614. The van der Waals surface area contributed by atoms with E-state index in [1.807, 2.05) is 0 Å². The summed E-state index contributed by atoms with van der Waals surface area (Å²) < 4.78 is 18.8. The van der Waals surface area contributed by atoms with Crippen LogP contribution >= 0.6 is 0 Å². The predicted molar refractivity (Wildman–Crippen MR) is 83.4 cm³/mol. The molecule has 2 aromatic rings. The number of halogens is 1. The fourth-order valence-corrected chi connectivity index (χ4v) is 3.00. The summed E-state index contributed by atoms with van der Waals surface area (Å²) in [5, 5.41) is 6.41. The van der Waals surface area contributed by atoms with E-state index in [2.05, 4.69) is 10.5 Å². The van der Waals surface area contributed by atoms with Crippen LogP contribution in [0.3, 0.4) is 0 Å². The van der Waals surface area contributed by atoms with E-state index < -0.39 is 5.82 Å². The first-order valence-corrected chi connectivity index (χ1v) is 7.94. The minimum absolute atomic E-state index is 0.0299. The Bertz CT molecular complexity index is 800. The van der Waals surface area contributed by atoms with Gasteiger partial charge in [0.05, 0.1) is 5.92 Å². The minimum Gasteiger partial charge on any atom is -0.339 e. The van der Waals surface area contributed by atoms with Crippen molar-refractivity contribution in [2.45, 2.75) is 25.3 Å². The molecule has 1 aromatic heterocycles. The highest BCUT2D eigenvalue weighted by atomic mass is 19.1. The molecule has 0 bridgehead atoms. The molecule has 1 saturated carbocycles. The van der Waals surface area contributed by atoms with Crippen LogP contribution in [0.15, 0.2) is 34.9 Å². The van der Waals surface area contributed by atoms with Gasteiger partial charge in [0, 0.05) is 30.6 Å². The van der Waals surface area contributed by atoms with Crippen molar-refractivity contribution in [3.05, 3.63) is 36.1 Å². The van der Waals surface area contributed by atoms with Crippen molar-refractivity contribution in [1.82, 2.24) is 10.1 Å². The fraction of sp³-hybridized carbons (Fsp3) is 0.353. The molecule has 2 heterocycles. The van der Waals surface area contributed by atoms with Crippen LogP contribution in [0.1, 0.15) is 19.3 Å². The summed E-state index contributed by atoms with van der Waals surface area (Å²) >= 11 is 0. The van der Waals surface area contributed by atoms with Crippen LogP contribution in [0.5, 0.6) is 0 Å². The van der Waals surface area contributed by atoms with E-state index in [0.717, 1.165) is 12.8 Å². The topological polar surface area (TPSA) is 75.4 Å². The Kier molecular flexibility index (Phi) is 3.55. The van der Waals surface area contributed by atoms with Crippen molar-refractivity contribution in [3.63, 3.8) is 0 Å². The van der Waals surface area contributed by atoms with Gasteiger partial charge in [-0.1, -0.05) is 17.3 Å². The number of aromatic nitrogens is 1. The van der Waals surface area contributed by atoms with Gasteiger partial charge in [-0.05, 0) is 25.0 Å². The van der Waals surface area contributed by atoms with E-state index in [0.29, 0.717) is 23.8 Å². The predicted octanol–water partition coefficient (Wildman–Crippen LogP) is 2.43. The number of benzene rings is 1. The summed E-state index contributed by atoms with van der Waals surface area (Å²) in [6, 6.07) is 7.99. The largest absolute Gasteiger partial charge is 0.339 e. The second kappa shape index (κ2) is 5.74. The lowest BCUT2D eigenvalue weighted by Crippen LogP contribution is -2.29. The maximum absolute atomic E-state index is 13.7. The Morgan fingerprint density at radius 1 is 1.33 bits per heavy atom. The highest BCUT2D eigenvalue weighted by Crippen LogP contribution is 2.33. The van der Waals surface area contributed by atoms with Crippen molar-refractivity contribution in [3.8, 4) is 11.3 Å². The van der Waals surface area contributed by atoms with Gasteiger partial charge in [-0.25, -0.2) is 4.39 Å². The maximum Gasteiger partial charge on any atom is 0.232 e. The molecular weight excluding hydrogens is 313 g/mol. The van der Waals surface area contributed by atoms with E-state index in [9.17, 15) is 14.0 Å². The Hall–Kier alpha value is -2.70. The van der Waals surface area contributed by atoms with Gasteiger partial charge < -0.3 is 9.42 Å². The third kappa shape index (κ3) is 2.77. The van der Waals surface area contributed by atoms with Gasteiger partial charge in [-0.15, -0.1) is 0 Å². The lowest BCUT2D eigenvalue weighted by Gasteiger charge is -2.14. The number of carbonyl (C=O) groups is 2. The number of carbonyl (C=O) groups excluding carboxylic acids is 2. The molecule has 24 heavy (non-hydrogen) atoms. The van der Waals surface area contributed by atoms with Crippen LogP contribution in [0.25, 0.3) is 11.3 Å². The molecule has 4 rings (SSSR count). The summed E-state index contributed by atoms with van der Waals surface area (Å²) in [6.07, 6.45) is 2.26. The Balaban J connectivity index is 1.43. The zero-order valence-electron chi connectivity index (χ0n) is 12.9. The lowest BCUT2D eigenvalue weighted by molar-refractivity contribution is -0.128. The number of anilines is 1. The third-order valence-electron chi connectivity index (χ3n) is 4.42. The molecule has 1 aliphatic heterocycles. The fourth-order valence-electron chi connectivity index (χ4n) is 3.00. The normalized spacial score (nSPS) is 20.5. The number of nitrogens with one attached hydrogen (secondary N) is 1. The summed E-state index contributed by atoms with van der Waals surface area (Å²) in [6.45, 7) is 0.448. The monoisotopic (exact) mass is 329 g/mol. The number of likely N-dealkylation sites (tertiary alicyclic amines) is 1. The van der Waals surface area contributed by atoms with Crippen LogP contribution in [0, 0.1) is 11.7 Å². The molecule has 6 nitrogen and oxygen atoms in total. The molecule has 7 heteroatoms. The molecule has 1 saturated heterocycles. The van der Waals surface area contributed by atoms with Crippen LogP contribution in [-0.4, -0.2) is 34.5 Å². The molecule has 0 unspecified atom stereocenters. The zero-order chi connectivity index (χ0) is 16.7. The minimum atomic E-state index is -0.412. The van der Waals surface area contributed by atoms with E-state index >= 15 is 0 Å². The third-order valence-corrected chi connectivity index (χ3v) is 4.42. The van der Waals surface area contributed by atoms with Crippen molar-refractivity contribution in [2.75, 3.05) is 11.9 Å². The van der Waals surface area contributed by atoms with Crippen LogP contribution < -0.4 is 5.32 Å². The number of hydrogen-bond donors (Lipinski definition) is 1. The van der Waals surface area contributed by atoms with Crippen LogP contribution in [0.2, 0.25) is 0 Å². The molecule has 1 atom stereocenters. The van der Waals surface area contributed by atoms with E-state index in [4.69, 9.17) is 4.52 Å². The average Bonchev–Trinajstić information content (AvgIpc) is 3.18. The molecule has 0 radical (unpaired) electrons. The standard InChI is InChI=1S/C17H16FN3O3/c18-13-4-2-1-3-12(13)14-8-15(24-20-14)19-17(23)10-7-16(22)21(9-10)11-5-6-11/h1-4,8,10-11H,5-7,9H2,(H,19,23)/t10-/m0/s1. The van der Waals surface area contributed by atoms with Gasteiger partial charge in [-0.3, -0.25) is 14.9 Å². The Morgan fingerprint density at radius 2 is 2.12 bits per heavy atom. The summed E-state index contributed by atoms with van der Waals surface area (Å²) in [4.78, 5) is 26.0. The Morgan fingerprint density at radius 3 is 2.88 bits per heavy atom. The first kappa shape index (κ1) is 14.9. The second-order valence-corrected chi connectivity index (χ2v) is 6.22. The highest BCUT2D eigenvalue weighted by molar-refractivity contribution is 5.96. The maximum atomic E-state index is 13.7. The van der Waals surface area contributed by atoms with Gasteiger partial charge in [0.1, 0.15) is 11.5 Å². The van der Waals surface area contributed by atoms with E-state index in [1.165, 1.54) is 12.1 Å². The number of hydrogen-bond acceptors (Lipinski definition) is 4.